The number of ether oxygens (including phenoxy) is 2. The second kappa shape index (κ2) is 7.97. The van der Waals surface area contributed by atoms with E-state index in [0.717, 1.165) is 29.1 Å². The Morgan fingerprint density at radius 2 is 2.00 bits per heavy atom. The Kier molecular flexibility index (Phi) is 6.35. The maximum absolute atomic E-state index is 12.2. The van der Waals surface area contributed by atoms with Crippen molar-refractivity contribution in [2.24, 2.45) is 0 Å². The molecule has 1 aromatic rings. The van der Waals surface area contributed by atoms with Crippen LogP contribution >= 0.6 is 0 Å². The van der Waals surface area contributed by atoms with Crippen LogP contribution in [-0.2, 0) is 20.4 Å². The van der Waals surface area contributed by atoms with Crippen molar-refractivity contribution in [3.8, 4) is 5.75 Å². The number of allylic oxidation sites excluding steroid dienone is 2. The minimum atomic E-state index is -2.04. The normalized spacial score (nSPS) is 15.6. The highest BCUT2D eigenvalue weighted by Gasteiger charge is 2.40. The van der Waals surface area contributed by atoms with Gasteiger partial charge in [-0.15, -0.1) is 0 Å². The topological polar surface area (TPSA) is 44.8 Å². The van der Waals surface area contributed by atoms with E-state index in [1.807, 2.05) is 26.0 Å². The summed E-state index contributed by atoms with van der Waals surface area (Å²) in [5.41, 5.74) is 2.14. The molecule has 2 rings (SSSR count). The lowest BCUT2D eigenvalue weighted by atomic mass is 10.00. The van der Waals surface area contributed by atoms with E-state index in [9.17, 15) is 4.79 Å². The fraction of sp³-hybridized carbons (Fsp3) is 0.571. The van der Waals surface area contributed by atoms with Crippen molar-refractivity contribution in [2.45, 2.75) is 71.7 Å². The molecule has 0 radical (unpaired) electrons. The molecule has 144 valence electrons. The van der Waals surface area contributed by atoms with Gasteiger partial charge in [-0.25, -0.2) is 0 Å². The minimum absolute atomic E-state index is 0.0665. The van der Waals surface area contributed by atoms with E-state index in [2.05, 4.69) is 46.0 Å². The Labute approximate surface area is 158 Å². The monoisotopic (exact) mass is 376 g/mol. The number of fused-ring (bicyclic) bond motifs is 1. The first-order chi connectivity index (χ1) is 12.0. The molecular formula is C21H32O4Si. The number of rotatable bonds is 6. The summed E-state index contributed by atoms with van der Waals surface area (Å²) >= 11 is 0. The summed E-state index contributed by atoms with van der Waals surface area (Å²) < 4.78 is 17.6. The Hall–Kier alpha value is -1.59. The first-order valence-electron chi connectivity index (χ1n) is 9.34. The van der Waals surface area contributed by atoms with Crippen LogP contribution in [0.5, 0.6) is 5.75 Å². The molecule has 5 heteroatoms. The van der Waals surface area contributed by atoms with Crippen LogP contribution in [0.15, 0.2) is 30.0 Å². The van der Waals surface area contributed by atoms with Crippen molar-refractivity contribution >= 4 is 14.3 Å². The quantitative estimate of drug-likeness (QED) is 0.483. The largest absolute Gasteiger partial charge is 0.466 e. The Balaban J connectivity index is 2.31. The highest BCUT2D eigenvalue weighted by molar-refractivity contribution is 6.74. The van der Waals surface area contributed by atoms with E-state index in [1.54, 1.807) is 0 Å². The second-order valence-corrected chi connectivity index (χ2v) is 13.1. The maximum Gasteiger partial charge on any atom is 0.308 e. The summed E-state index contributed by atoms with van der Waals surface area (Å²) in [4.78, 5) is 12.2. The molecule has 0 spiro atoms. The van der Waals surface area contributed by atoms with Gasteiger partial charge in [0.1, 0.15) is 5.75 Å². The predicted molar refractivity (Wildman–Crippen MR) is 107 cm³/mol. The average Bonchev–Trinajstić information content (AvgIpc) is 2.52. The highest BCUT2D eigenvalue weighted by atomic mass is 28.4. The van der Waals surface area contributed by atoms with Gasteiger partial charge in [0.15, 0.2) is 8.32 Å². The standard InChI is InChI=1S/C21H32O4Si/c1-8-23-20(22)14-19(25-26(6,7)21(3,4)5)17-11-12-18-16(13-17)10-9-15(2)24-18/h9,11-13,19H,8,10,14H2,1-7H3/t19-/m0/s1. The predicted octanol–water partition coefficient (Wildman–Crippen LogP) is 5.54. The Bertz CT molecular complexity index is 686. The van der Waals surface area contributed by atoms with Gasteiger partial charge in [0, 0.05) is 0 Å². The highest BCUT2D eigenvalue weighted by Crippen LogP contribution is 2.41. The summed E-state index contributed by atoms with van der Waals surface area (Å²) in [7, 11) is -2.04. The third-order valence-electron chi connectivity index (χ3n) is 5.24. The summed E-state index contributed by atoms with van der Waals surface area (Å²) in [5.74, 6) is 1.59. The van der Waals surface area contributed by atoms with E-state index in [4.69, 9.17) is 13.9 Å². The number of carbonyl (C=O) groups is 1. The summed E-state index contributed by atoms with van der Waals surface area (Å²) in [6.07, 6.45) is 2.84. The van der Waals surface area contributed by atoms with Gasteiger partial charge in [0.25, 0.3) is 0 Å². The Morgan fingerprint density at radius 1 is 1.31 bits per heavy atom. The van der Waals surface area contributed by atoms with Crippen LogP contribution in [0.4, 0.5) is 0 Å². The third-order valence-corrected chi connectivity index (χ3v) is 9.72. The van der Waals surface area contributed by atoms with Crippen LogP contribution in [-0.4, -0.2) is 20.9 Å². The smallest absolute Gasteiger partial charge is 0.308 e. The summed E-state index contributed by atoms with van der Waals surface area (Å²) in [6, 6.07) is 6.10. The van der Waals surface area contributed by atoms with Gasteiger partial charge in [-0.05, 0) is 67.7 Å². The molecule has 0 unspecified atom stereocenters. The number of hydrogen-bond donors (Lipinski definition) is 0. The second-order valence-electron chi connectivity index (χ2n) is 8.36. The van der Waals surface area contributed by atoms with E-state index >= 15 is 0 Å². The zero-order valence-corrected chi connectivity index (χ0v) is 18.1. The fourth-order valence-corrected chi connectivity index (χ4v) is 3.94. The fourth-order valence-electron chi connectivity index (χ4n) is 2.66. The molecule has 26 heavy (non-hydrogen) atoms. The van der Waals surface area contributed by atoms with Gasteiger partial charge in [-0.1, -0.05) is 26.8 Å². The lowest BCUT2D eigenvalue weighted by Crippen LogP contribution is -2.42. The molecule has 1 atom stereocenters. The molecule has 0 N–H and O–H groups in total. The van der Waals surface area contributed by atoms with E-state index in [0.29, 0.717) is 6.61 Å². The van der Waals surface area contributed by atoms with Crippen molar-refractivity contribution in [3.63, 3.8) is 0 Å². The molecule has 1 aromatic carbocycles. The van der Waals surface area contributed by atoms with Crippen LogP contribution in [0.2, 0.25) is 18.1 Å². The van der Waals surface area contributed by atoms with Crippen molar-refractivity contribution in [1.82, 2.24) is 0 Å². The van der Waals surface area contributed by atoms with E-state index in [-0.39, 0.29) is 23.5 Å². The maximum atomic E-state index is 12.2. The molecule has 4 nitrogen and oxygen atoms in total. The molecule has 0 bridgehead atoms. The van der Waals surface area contributed by atoms with Gasteiger partial charge < -0.3 is 13.9 Å². The molecule has 1 aliphatic rings. The van der Waals surface area contributed by atoms with Crippen LogP contribution in [0.1, 0.15) is 58.3 Å². The van der Waals surface area contributed by atoms with Crippen molar-refractivity contribution in [3.05, 3.63) is 41.2 Å². The van der Waals surface area contributed by atoms with Gasteiger partial charge in [-0.2, -0.15) is 0 Å². The zero-order chi connectivity index (χ0) is 19.5. The van der Waals surface area contributed by atoms with Crippen LogP contribution in [0, 0.1) is 0 Å². The van der Waals surface area contributed by atoms with Crippen molar-refractivity contribution in [2.75, 3.05) is 6.61 Å². The molecule has 0 fully saturated rings. The van der Waals surface area contributed by atoms with Gasteiger partial charge in [0.05, 0.1) is 24.9 Å². The van der Waals surface area contributed by atoms with E-state index in [1.165, 1.54) is 0 Å². The molecular weight excluding hydrogens is 344 g/mol. The number of benzene rings is 1. The minimum Gasteiger partial charge on any atom is -0.466 e. The van der Waals surface area contributed by atoms with Gasteiger partial charge in [-0.3, -0.25) is 4.79 Å². The molecule has 0 amide bonds. The molecule has 0 saturated heterocycles. The van der Waals surface area contributed by atoms with E-state index < -0.39 is 8.32 Å². The molecule has 0 aromatic heterocycles. The number of carbonyl (C=O) groups excluding carboxylic acids is 1. The average molecular weight is 377 g/mol. The Morgan fingerprint density at radius 3 is 2.62 bits per heavy atom. The number of hydrogen-bond acceptors (Lipinski definition) is 4. The van der Waals surface area contributed by atoms with Crippen LogP contribution in [0.25, 0.3) is 0 Å². The van der Waals surface area contributed by atoms with Crippen molar-refractivity contribution in [1.29, 1.82) is 0 Å². The van der Waals surface area contributed by atoms with Crippen LogP contribution < -0.4 is 4.74 Å². The first-order valence-corrected chi connectivity index (χ1v) is 12.2. The lowest BCUT2D eigenvalue weighted by molar-refractivity contribution is -0.145. The van der Waals surface area contributed by atoms with Crippen molar-refractivity contribution < 1.29 is 18.7 Å². The first kappa shape index (κ1) is 20.7. The molecule has 0 aliphatic carbocycles. The molecule has 1 aliphatic heterocycles. The van der Waals surface area contributed by atoms with Gasteiger partial charge >= 0.3 is 5.97 Å². The third kappa shape index (κ3) is 4.98. The van der Waals surface area contributed by atoms with Crippen LogP contribution in [0.3, 0.4) is 0 Å². The SMILES string of the molecule is CCOC(=O)C[C@H](O[Si](C)(C)C(C)(C)C)c1ccc2c(c1)CC=C(C)O2. The summed E-state index contributed by atoms with van der Waals surface area (Å²) in [5, 5.41) is 0.0665. The summed E-state index contributed by atoms with van der Waals surface area (Å²) in [6.45, 7) is 15.2. The zero-order valence-electron chi connectivity index (χ0n) is 17.1. The lowest BCUT2D eigenvalue weighted by Gasteiger charge is -2.39. The molecule has 0 saturated carbocycles. The van der Waals surface area contributed by atoms with Gasteiger partial charge in [0.2, 0.25) is 0 Å². The number of esters is 1. The molecule has 1 heterocycles.